The highest BCUT2D eigenvalue weighted by molar-refractivity contribution is 6.33. The van der Waals surface area contributed by atoms with E-state index in [2.05, 4.69) is 6.92 Å². The summed E-state index contributed by atoms with van der Waals surface area (Å²) in [5.41, 5.74) is 0.953. The third kappa shape index (κ3) is 4.20. The lowest BCUT2D eigenvalue weighted by atomic mass is 10.0. The van der Waals surface area contributed by atoms with Crippen molar-refractivity contribution in [1.82, 2.24) is 0 Å². The minimum Gasteiger partial charge on any atom is -0.490 e. The average molecular weight is 317 g/mol. The molecule has 1 heterocycles. The van der Waals surface area contributed by atoms with Crippen LogP contribution in [-0.2, 0) is 0 Å². The highest BCUT2D eigenvalue weighted by Gasteiger charge is 2.18. The predicted molar refractivity (Wildman–Crippen MR) is 84.4 cm³/mol. The zero-order valence-electron chi connectivity index (χ0n) is 12.0. The predicted octanol–water partition coefficient (Wildman–Crippen LogP) is 5.75. The van der Waals surface area contributed by atoms with Crippen molar-refractivity contribution < 1.29 is 9.47 Å². The van der Waals surface area contributed by atoms with Gasteiger partial charge < -0.3 is 9.47 Å². The smallest absolute Gasteiger partial charge is 0.162 e. The van der Waals surface area contributed by atoms with Crippen LogP contribution in [0, 0.1) is 0 Å². The molecular formula is C16H22Cl2O2. The van der Waals surface area contributed by atoms with E-state index in [-0.39, 0.29) is 5.38 Å². The van der Waals surface area contributed by atoms with Gasteiger partial charge >= 0.3 is 0 Å². The van der Waals surface area contributed by atoms with Gasteiger partial charge in [-0.3, -0.25) is 0 Å². The summed E-state index contributed by atoms with van der Waals surface area (Å²) in [5.74, 6) is 1.49. The molecule has 0 saturated heterocycles. The van der Waals surface area contributed by atoms with Gasteiger partial charge in [0.05, 0.1) is 18.6 Å². The van der Waals surface area contributed by atoms with Gasteiger partial charge in [-0.2, -0.15) is 0 Å². The zero-order valence-corrected chi connectivity index (χ0v) is 13.5. The molecule has 0 N–H and O–H groups in total. The third-order valence-electron chi connectivity index (χ3n) is 3.52. The van der Waals surface area contributed by atoms with Crippen molar-refractivity contribution in [3.05, 3.63) is 22.7 Å². The van der Waals surface area contributed by atoms with Crippen LogP contribution in [0.2, 0.25) is 5.02 Å². The number of halogens is 2. The number of rotatable bonds is 6. The van der Waals surface area contributed by atoms with Crippen molar-refractivity contribution in [2.45, 2.75) is 50.8 Å². The molecule has 1 aliphatic heterocycles. The zero-order chi connectivity index (χ0) is 14.4. The van der Waals surface area contributed by atoms with Gasteiger partial charge in [0.1, 0.15) is 0 Å². The van der Waals surface area contributed by atoms with Gasteiger partial charge in [0.2, 0.25) is 0 Å². The van der Waals surface area contributed by atoms with Gasteiger partial charge in [-0.25, -0.2) is 0 Å². The average Bonchev–Trinajstić information content (AvgIpc) is 2.67. The van der Waals surface area contributed by atoms with Crippen LogP contribution in [0.3, 0.4) is 0 Å². The van der Waals surface area contributed by atoms with Gasteiger partial charge in [-0.05, 0) is 18.1 Å². The molecular weight excluding hydrogens is 295 g/mol. The molecule has 0 saturated carbocycles. The number of benzene rings is 1. The number of unbranched alkanes of at least 4 members (excludes halogenated alkanes) is 3. The molecule has 1 aromatic carbocycles. The Morgan fingerprint density at radius 2 is 1.80 bits per heavy atom. The summed E-state index contributed by atoms with van der Waals surface area (Å²) in [6.07, 6.45) is 6.69. The number of hydrogen-bond acceptors (Lipinski definition) is 2. The molecule has 0 bridgehead atoms. The molecule has 0 aromatic heterocycles. The molecule has 1 unspecified atom stereocenters. The molecule has 0 radical (unpaired) electrons. The van der Waals surface area contributed by atoms with Gasteiger partial charge in [0.25, 0.3) is 0 Å². The lowest BCUT2D eigenvalue weighted by Crippen LogP contribution is -1.97. The molecule has 1 aromatic rings. The van der Waals surface area contributed by atoms with E-state index in [1.165, 1.54) is 19.3 Å². The van der Waals surface area contributed by atoms with Gasteiger partial charge in [-0.1, -0.05) is 44.2 Å². The van der Waals surface area contributed by atoms with E-state index in [1.807, 2.05) is 12.1 Å². The Morgan fingerprint density at radius 1 is 1.10 bits per heavy atom. The first kappa shape index (κ1) is 15.8. The van der Waals surface area contributed by atoms with E-state index >= 15 is 0 Å². The highest BCUT2D eigenvalue weighted by Crippen LogP contribution is 2.40. The maximum Gasteiger partial charge on any atom is 0.162 e. The molecule has 1 aliphatic rings. The van der Waals surface area contributed by atoms with Crippen LogP contribution in [0.15, 0.2) is 12.1 Å². The summed E-state index contributed by atoms with van der Waals surface area (Å²) in [7, 11) is 0. The second-order valence-electron chi connectivity index (χ2n) is 5.19. The Bertz CT molecular complexity index is 435. The maximum absolute atomic E-state index is 6.49. The van der Waals surface area contributed by atoms with E-state index < -0.39 is 0 Å². The number of hydrogen-bond donors (Lipinski definition) is 0. The van der Waals surface area contributed by atoms with E-state index in [9.17, 15) is 0 Å². The fourth-order valence-corrected chi connectivity index (χ4v) is 3.02. The Kier molecular flexibility index (Phi) is 6.31. The third-order valence-corrected chi connectivity index (χ3v) is 4.30. The molecule has 112 valence electrons. The maximum atomic E-state index is 6.49. The molecule has 0 fully saturated rings. The van der Waals surface area contributed by atoms with Crippen molar-refractivity contribution in [2.24, 2.45) is 0 Å². The Balaban J connectivity index is 2.05. The van der Waals surface area contributed by atoms with Gasteiger partial charge in [-0.15, -0.1) is 11.6 Å². The van der Waals surface area contributed by atoms with Crippen molar-refractivity contribution in [3.8, 4) is 11.5 Å². The van der Waals surface area contributed by atoms with Crippen LogP contribution in [0.1, 0.15) is 56.4 Å². The molecule has 0 amide bonds. The van der Waals surface area contributed by atoms with Crippen LogP contribution >= 0.6 is 23.2 Å². The van der Waals surface area contributed by atoms with E-state index in [0.29, 0.717) is 18.2 Å². The van der Waals surface area contributed by atoms with Crippen molar-refractivity contribution >= 4 is 23.2 Å². The fourth-order valence-electron chi connectivity index (χ4n) is 2.35. The summed E-state index contributed by atoms with van der Waals surface area (Å²) in [6.45, 7) is 3.56. The second-order valence-corrected chi connectivity index (χ2v) is 6.12. The number of ether oxygens (including phenoxy) is 2. The van der Waals surface area contributed by atoms with E-state index in [0.717, 1.165) is 36.3 Å². The largest absolute Gasteiger partial charge is 0.490 e. The van der Waals surface area contributed by atoms with Crippen LogP contribution in [0.5, 0.6) is 11.5 Å². The molecule has 0 aliphatic carbocycles. The first-order chi connectivity index (χ1) is 9.72. The van der Waals surface area contributed by atoms with Gasteiger partial charge in [0, 0.05) is 17.5 Å². The quantitative estimate of drug-likeness (QED) is 0.491. The fraction of sp³-hybridized carbons (Fsp3) is 0.625. The standard InChI is InChI=1S/C16H22Cl2O2/c1-2-3-4-5-7-13(17)12-10-15-16(11-14(12)18)20-9-6-8-19-15/h10-11,13H,2-9H2,1H3. The van der Waals surface area contributed by atoms with Crippen LogP contribution in [0.25, 0.3) is 0 Å². The van der Waals surface area contributed by atoms with Crippen molar-refractivity contribution in [3.63, 3.8) is 0 Å². The molecule has 4 heteroatoms. The summed E-state index contributed by atoms with van der Waals surface area (Å²) in [5, 5.41) is 0.612. The first-order valence-corrected chi connectivity index (χ1v) is 8.27. The van der Waals surface area contributed by atoms with E-state index in [4.69, 9.17) is 32.7 Å². The van der Waals surface area contributed by atoms with Crippen LogP contribution in [-0.4, -0.2) is 13.2 Å². The second kappa shape index (κ2) is 7.99. The van der Waals surface area contributed by atoms with E-state index in [1.54, 1.807) is 0 Å². The van der Waals surface area contributed by atoms with Crippen LogP contribution in [0.4, 0.5) is 0 Å². The molecule has 0 spiro atoms. The molecule has 2 nitrogen and oxygen atoms in total. The highest BCUT2D eigenvalue weighted by atomic mass is 35.5. The van der Waals surface area contributed by atoms with Gasteiger partial charge in [0.15, 0.2) is 11.5 Å². The van der Waals surface area contributed by atoms with Crippen molar-refractivity contribution in [1.29, 1.82) is 0 Å². The summed E-state index contributed by atoms with van der Waals surface area (Å²) in [4.78, 5) is 0. The minimum absolute atomic E-state index is 0.0588. The first-order valence-electron chi connectivity index (χ1n) is 7.45. The minimum atomic E-state index is -0.0588. The Morgan fingerprint density at radius 3 is 2.50 bits per heavy atom. The normalized spacial score (nSPS) is 15.8. The lowest BCUT2D eigenvalue weighted by Gasteiger charge is -2.15. The van der Waals surface area contributed by atoms with Crippen molar-refractivity contribution in [2.75, 3.05) is 13.2 Å². The number of alkyl halides is 1. The number of fused-ring (bicyclic) bond motifs is 1. The summed E-state index contributed by atoms with van der Waals surface area (Å²) >= 11 is 12.8. The molecule has 2 rings (SSSR count). The molecule has 1 atom stereocenters. The Labute approximate surface area is 131 Å². The lowest BCUT2D eigenvalue weighted by molar-refractivity contribution is 0.297. The summed E-state index contributed by atoms with van der Waals surface area (Å²) in [6, 6.07) is 3.78. The molecule has 20 heavy (non-hydrogen) atoms. The summed E-state index contributed by atoms with van der Waals surface area (Å²) < 4.78 is 11.3. The monoisotopic (exact) mass is 316 g/mol. The topological polar surface area (TPSA) is 18.5 Å². The SMILES string of the molecule is CCCCCCC(Cl)c1cc2c(cc1Cl)OCCCO2. The van der Waals surface area contributed by atoms with Crippen LogP contribution < -0.4 is 9.47 Å². The Hall–Kier alpha value is -0.600.